The van der Waals surface area contributed by atoms with E-state index in [1.54, 1.807) is 19.2 Å². The topological polar surface area (TPSA) is 62.3 Å². The van der Waals surface area contributed by atoms with E-state index >= 15 is 0 Å². The number of carbonyl (C=O) groups excluding carboxylic acids is 2. The normalized spacial score (nSPS) is 9.82. The summed E-state index contributed by atoms with van der Waals surface area (Å²) in [4.78, 5) is 28.6. The molecular weight excluding hydrogens is 286 g/mol. The molecule has 0 unspecified atom stereocenters. The Morgan fingerprint density at radius 1 is 1.53 bits per heavy atom. The molecular formula is C11H14BrN3O2. The first-order valence-corrected chi connectivity index (χ1v) is 5.97. The minimum atomic E-state index is -0.209. The van der Waals surface area contributed by atoms with Crippen LogP contribution in [0.3, 0.4) is 0 Å². The van der Waals surface area contributed by atoms with Crippen molar-refractivity contribution in [2.45, 2.75) is 6.92 Å². The van der Waals surface area contributed by atoms with Crippen LogP contribution >= 0.6 is 15.9 Å². The summed E-state index contributed by atoms with van der Waals surface area (Å²) in [7, 11) is 1.59. The van der Waals surface area contributed by atoms with Gasteiger partial charge in [0.25, 0.3) is 5.91 Å². The summed E-state index contributed by atoms with van der Waals surface area (Å²) in [5.41, 5.74) is 0.499. The molecule has 0 spiro atoms. The van der Waals surface area contributed by atoms with Crippen LogP contribution in [0, 0.1) is 0 Å². The second-order valence-corrected chi connectivity index (χ2v) is 4.29. The van der Waals surface area contributed by atoms with E-state index in [0.717, 1.165) is 0 Å². The Morgan fingerprint density at radius 3 is 2.82 bits per heavy atom. The zero-order chi connectivity index (χ0) is 12.8. The quantitative estimate of drug-likeness (QED) is 0.846. The van der Waals surface area contributed by atoms with E-state index in [2.05, 4.69) is 26.2 Å². The van der Waals surface area contributed by atoms with Crippen LogP contribution in [0.2, 0.25) is 0 Å². The lowest BCUT2D eigenvalue weighted by atomic mass is 10.2. The highest BCUT2D eigenvalue weighted by Gasteiger charge is 2.14. The third-order valence-corrected chi connectivity index (χ3v) is 2.51. The summed E-state index contributed by atoms with van der Waals surface area (Å²) in [5, 5.41) is 2.64. The lowest BCUT2D eigenvalue weighted by Crippen LogP contribution is -2.38. The number of amides is 2. The zero-order valence-electron chi connectivity index (χ0n) is 9.74. The van der Waals surface area contributed by atoms with Gasteiger partial charge in [0.1, 0.15) is 4.60 Å². The molecule has 1 N–H and O–H groups in total. The number of rotatable bonds is 4. The highest BCUT2D eigenvalue weighted by Crippen LogP contribution is 2.09. The van der Waals surface area contributed by atoms with E-state index in [1.807, 2.05) is 6.92 Å². The molecule has 0 saturated carbocycles. The van der Waals surface area contributed by atoms with Gasteiger partial charge in [-0.3, -0.25) is 9.59 Å². The fourth-order valence-electron chi connectivity index (χ4n) is 1.30. The summed E-state index contributed by atoms with van der Waals surface area (Å²) in [6.45, 7) is 2.44. The molecule has 1 heterocycles. The zero-order valence-corrected chi connectivity index (χ0v) is 11.3. The van der Waals surface area contributed by atoms with Crippen molar-refractivity contribution < 1.29 is 9.59 Å². The maximum absolute atomic E-state index is 11.9. The van der Waals surface area contributed by atoms with Crippen LogP contribution in [0.5, 0.6) is 0 Å². The summed E-state index contributed by atoms with van der Waals surface area (Å²) in [6, 6.07) is 3.23. The molecule has 1 aromatic heterocycles. The molecule has 0 radical (unpaired) electrons. The van der Waals surface area contributed by atoms with Crippen LogP contribution in [0.4, 0.5) is 0 Å². The van der Waals surface area contributed by atoms with Crippen LogP contribution < -0.4 is 5.32 Å². The molecule has 0 atom stereocenters. The molecule has 2 amide bonds. The molecule has 1 aromatic rings. The van der Waals surface area contributed by atoms with Gasteiger partial charge in [-0.15, -0.1) is 0 Å². The molecule has 1 rings (SSSR count). The number of nitrogens with zero attached hydrogens (tertiary/aromatic N) is 2. The first-order chi connectivity index (χ1) is 8.04. The van der Waals surface area contributed by atoms with Crippen LogP contribution in [-0.4, -0.2) is 41.8 Å². The molecule has 0 aliphatic rings. The Hall–Kier alpha value is -1.43. The van der Waals surface area contributed by atoms with Crippen molar-refractivity contribution in [2.24, 2.45) is 0 Å². The Bertz CT molecular complexity index is 423. The van der Waals surface area contributed by atoms with Gasteiger partial charge in [-0.25, -0.2) is 4.98 Å². The second kappa shape index (κ2) is 6.34. The van der Waals surface area contributed by atoms with Crippen molar-refractivity contribution in [3.8, 4) is 0 Å². The van der Waals surface area contributed by atoms with Gasteiger partial charge in [0, 0.05) is 25.4 Å². The molecule has 17 heavy (non-hydrogen) atoms. The Balaban J connectivity index is 2.67. The summed E-state index contributed by atoms with van der Waals surface area (Å²) in [5.74, 6) is -0.379. The number of pyridine rings is 1. The van der Waals surface area contributed by atoms with Gasteiger partial charge in [-0.05, 0) is 35.0 Å². The number of hydrogen-bond acceptors (Lipinski definition) is 3. The highest BCUT2D eigenvalue weighted by molar-refractivity contribution is 9.10. The first-order valence-electron chi connectivity index (χ1n) is 5.18. The van der Waals surface area contributed by atoms with Crippen molar-refractivity contribution in [3.05, 3.63) is 28.5 Å². The van der Waals surface area contributed by atoms with Crippen LogP contribution in [0.1, 0.15) is 17.3 Å². The number of halogens is 1. The fraction of sp³-hybridized carbons (Fsp3) is 0.364. The highest BCUT2D eigenvalue weighted by atomic mass is 79.9. The number of nitrogens with one attached hydrogen (secondary N) is 1. The van der Waals surface area contributed by atoms with Crippen molar-refractivity contribution in [3.63, 3.8) is 0 Å². The van der Waals surface area contributed by atoms with Gasteiger partial charge < -0.3 is 10.2 Å². The molecule has 6 heteroatoms. The summed E-state index contributed by atoms with van der Waals surface area (Å²) < 4.78 is 0.592. The molecule has 92 valence electrons. The minimum Gasteiger partial charge on any atom is -0.355 e. The third-order valence-electron chi connectivity index (χ3n) is 2.07. The average molecular weight is 300 g/mol. The maximum atomic E-state index is 11.9. The number of aromatic nitrogens is 1. The Kier molecular flexibility index (Phi) is 5.09. The van der Waals surface area contributed by atoms with Gasteiger partial charge in [0.2, 0.25) is 5.91 Å². The predicted octanol–water partition coefficient (Wildman–Crippen LogP) is 1.05. The standard InChI is InChI=1S/C11H14BrN3O2/c1-3-13-10(16)7-15(2)11(17)8-4-5-14-9(12)6-8/h4-6H,3,7H2,1-2H3,(H,13,16). The third kappa shape index (κ3) is 4.14. The Labute approximate surface area is 108 Å². The number of likely N-dealkylation sites (N-methyl/N-ethyl adjacent to an activating group) is 2. The van der Waals surface area contributed by atoms with Crippen LogP contribution in [-0.2, 0) is 4.79 Å². The molecule has 0 bridgehead atoms. The van der Waals surface area contributed by atoms with E-state index in [4.69, 9.17) is 0 Å². The van der Waals surface area contributed by atoms with Crippen molar-refractivity contribution in [1.82, 2.24) is 15.2 Å². The predicted molar refractivity (Wildman–Crippen MR) is 67.6 cm³/mol. The van der Waals surface area contributed by atoms with E-state index in [1.165, 1.54) is 11.1 Å². The van der Waals surface area contributed by atoms with E-state index < -0.39 is 0 Å². The molecule has 0 aliphatic heterocycles. The largest absolute Gasteiger partial charge is 0.355 e. The minimum absolute atomic E-state index is 0.0482. The van der Waals surface area contributed by atoms with Crippen LogP contribution in [0.15, 0.2) is 22.9 Å². The van der Waals surface area contributed by atoms with Gasteiger partial charge in [0.05, 0.1) is 6.54 Å². The maximum Gasteiger partial charge on any atom is 0.254 e. The van der Waals surface area contributed by atoms with Crippen molar-refractivity contribution in [1.29, 1.82) is 0 Å². The summed E-state index contributed by atoms with van der Waals surface area (Å²) >= 11 is 3.19. The van der Waals surface area contributed by atoms with Gasteiger partial charge in [0.15, 0.2) is 0 Å². The smallest absolute Gasteiger partial charge is 0.254 e. The molecule has 5 nitrogen and oxygen atoms in total. The van der Waals surface area contributed by atoms with Crippen molar-refractivity contribution >= 4 is 27.7 Å². The van der Waals surface area contributed by atoms with E-state index in [-0.39, 0.29) is 18.4 Å². The number of carbonyl (C=O) groups is 2. The molecule has 0 aliphatic carbocycles. The SMILES string of the molecule is CCNC(=O)CN(C)C(=O)c1ccnc(Br)c1. The average Bonchev–Trinajstić information content (AvgIpc) is 2.28. The summed E-state index contributed by atoms with van der Waals surface area (Å²) in [6.07, 6.45) is 1.54. The monoisotopic (exact) mass is 299 g/mol. The van der Waals surface area contributed by atoms with E-state index in [9.17, 15) is 9.59 Å². The first kappa shape index (κ1) is 13.6. The molecule has 0 fully saturated rings. The van der Waals surface area contributed by atoms with Gasteiger partial charge in [-0.1, -0.05) is 0 Å². The number of hydrogen-bond donors (Lipinski definition) is 1. The second-order valence-electron chi connectivity index (χ2n) is 3.48. The molecule has 0 aromatic carbocycles. The van der Waals surface area contributed by atoms with Crippen molar-refractivity contribution in [2.75, 3.05) is 20.1 Å². The van der Waals surface area contributed by atoms with E-state index in [0.29, 0.717) is 16.7 Å². The fourth-order valence-corrected chi connectivity index (χ4v) is 1.66. The van der Waals surface area contributed by atoms with Gasteiger partial charge in [-0.2, -0.15) is 0 Å². The van der Waals surface area contributed by atoms with Gasteiger partial charge >= 0.3 is 0 Å². The lowest BCUT2D eigenvalue weighted by Gasteiger charge is -2.16. The Morgan fingerprint density at radius 2 is 2.24 bits per heavy atom. The molecule has 0 saturated heterocycles. The van der Waals surface area contributed by atoms with Crippen LogP contribution in [0.25, 0.3) is 0 Å². The lowest BCUT2D eigenvalue weighted by molar-refractivity contribution is -0.121.